The molecule has 1 fully saturated rings. The van der Waals surface area contributed by atoms with Gasteiger partial charge in [-0.3, -0.25) is 4.90 Å². The zero-order chi connectivity index (χ0) is 17.1. The quantitative estimate of drug-likeness (QED) is 0.684. The van der Waals surface area contributed by atoms with E-state index in [0.717, 1.165) is 29.9 Å². The lowest BCUT2D eigenvalue weighted by atomic mass is 9.81. The largest absolute Gasteiger partial charge is 0.364 e. The van der Waals surface area contributed by atoms with E-state index in [-0.39, 0.29) is 0 Å². The molecule has 0 saturated heterocycles. The number of nitrogens with zero attached hydrogens (tertiary/aromatic N) is 6. The third kappa shape index (κ3) is 3.56. The summed E-state index contributed by atoms with van der Waals surface area (Å²) in [7, 11) is 2.08. The van der Waals surface area contributed by atoms with Crippen molar-refractivity contribution in [2.75, 3.05) is 7.05 Å². The summed E-state index contributed by atoms with van der Waals surface area (Å²) in [5.41, 5.74) is 4.20. The van der Waals surface area contributed by atoms with E-state index in [9.17, 15) is 0 Å². The van der Waals surface area contributed by atoms with Crippen LogP contribution in [-0.4, -0.2) is 37.0 Å². The van der Waals surface area contributed by atoms with E-state index >= 15 is 0 Å². The van der Waals surface area contributed by atoms with Gasteiger partial charge in [0, 0.05) is 54.9 Å². The van der Waals surface area contributed by atoms with E-state index in [1.165, 1.54) is 31.2 Å². The molecule has 7 heteroatoms. The van der Waals surface area contributed by atoms with Crippen molar-refractivity contribution >= 4 is 0 Å². The molecule has 0 aliphatic heterocycles. The molecular formula is C18H20N6O. The first-order valence-electron chi connectivity index (χ1n) is 8.47. The molecule has 3 aromatic rings. The highest BCUT2D eigenvalue weighted by atomic mass is 16.5. The molecule has 4 rings (SSSR count). The smallest absolute Gasteiger partial charge is 0.162 e. The van der Waals surface area contributed by atoms with Gasteiger partial charge in [0.25, 0.3) is 0 Å². The molecule has 1 saturated carbocycles. The molecule has 0 atom stereocenters. The second-order valence-corrected chi connectivity index (χ2v) is 6.57. The van der Waals surface area contributed by atoms with Crippen molar-refractivity contribution in [2.24, 2.45) is 0 Å². The minimum atomic E-state index is 0.581. The van der Waals surface area contributed by atoms with Crippen molar-refractivity contribution in [3.8, 4) is 11.4 Å². The summed E-state index contributed by atoms with van der Waals surface area (Å²) in [4.78, 5) is 19.0. The maximum Gasteiger partial charge on any atom is 0.162 e. The van der Waals surface area contributed by atoms with Gasteiger partial charge in [-0.2, -0.15) is 0 Å². The van der Waals surface area contributed by atoms with Crippen LogP contribution >= 0.6 is 0 Å². The molecule has 1 aliphatic carbocycles. The van der Waals surface area contributed by atoms with Gasteiger partial charge >= 0.3 is 0 Å². The molecule has 25 heavy (non-hydrogen) atoms. The zero-order valence-corrected chi connectivity index (χ0v) is 14.2. The molecule has 0 bridgehead atoms. The fourth-order valence-corrected chi connectivity index (χ4v) is 3.06. The number of aromatic nitrogens is 5. The van der Waals surface area contributed by atoms with Gasteiger partial charge in [0.05, 0.1) is 11.3 Å². The Morgan fingerprint density at radius 2 is 1.84 bits per heavy atom. The highest BCUT2D eigenvalue weighted by Gasteiger charge is 2.25. The maximum atomic E-state index is 5.21. The third-order valence-corrected chi connectivity index (χ3v) is 4.58. The molecular weight excluding hydrogens is 316 g/mol. The fourth-order valence-electron chi connectivity index (χ4n) is 3.06. The van der Waals surface area contributed by atoms with E-state index in [0.29, 0.717) is 11.7 Å². The van der Waals surface area contributed by atoms with Crippen LogP contribution in [0.3, 0.4) is 0 Å². The van der Waals surface area contributed by atoms with Gasteiger partial charge in [0.2, 0.25) is 0 Å². The lowest BCUT2D eigenvalue weighted by molar-refractivity contribution is 0.313. The lowest BCUT2D eigenvalue weighted by Crippen LogP contribution is -2.19. The van der Waals surface area contributed by atoms with E-state index in [4.69, 9.17) is 4.52 Å². The Kier molecular flexibility index (Phi) is 4.47. The average Bonchev–Trinajstić information content (AvgIpc) is 3.02. The van der Waals surface area contributed by atoms with Crippen molar-refractivity contribution in [2.45, 2.75) is 38.3 Å². The summed E-state index contributed by atoms with van der Waals surface area (Å²) in [5, 5.41) is 4.21. The predicted octanol–water partition coefficient (Wildman–Crippen LogP) is 2.82. The molecule has 3 aromatic heterocycles. The summed E-state index contributed by atoms with van der Waals surface area (Å²) in [5.74, 6) is 1.22. The summed E-state index contributed by atoms with van der Waals surface area (Å²) in [6.07, 6.45) is 14.1. The molecule has 0 amide bonds. The Morgan fingerprint density at radius 1 is 1.08 bits per heavy atom. The van der Waals surface area contributed by atoms with Crippen molar-refractivity contribution in [3.05, 3.63) is 54.2 Å². The van der Waals surface area contributed by atoms with Gasteiger partial charge in [0.1, 0.15) is 12.6 Å². The van der Waals surface area contributed by atoms with Crippen LogP contribution in [0, 0.1) is 0 Å². The molecule has 1 aliphatic rings. The van der Waals surface area contributed by atoms with E-state index < -0.39 is 0 Å². The van der Waals surface area contributed by atoms with Crippen LogP contribution in [0.1, 0.15) is 42.0 Å². The van der Waals surface area contributed by atoms with E-state index in [2.05, 4.69) is 37.0 Å². The highest BCUT2D eigenvalue weighted by molar-refractivity contribution is 5.50. The van der Waals surface area contributed by atoms with Crippen LogP contribution in [0.15, 0.2) is 41.9 Å². The Balaban J connectivity index is 1.39. The van der Waals surface area contributed by atoms with Crippen molar-refractivity contribution in [1.29, 1.82) is 0 Å². The summed E-state index contributed by atoms with van der Waals surface area (Å²) >= 11 is 0. The number of rotatable bonds is 6. The van der Waals surface area contributed by atoms with Crippen molar-refractivity contribution in [3.63, 3.8) is 0 Å². The molecule has 0 N–H and O–H groups in total. The maximum absolute atomic E-state index is 5.21. The first-order chi connectivity index (χ1) is 12.3. The van der Waals surface area contributed by atoms with Crippen LogP contribution in [0.4, 0.5) is 0 Å². The number of hydrogen-bond donors (Lipinski definition) is 0. The van der Waals surface area contributed by atoms with E-state index in [1.54, 1.807) is 18.7 Å². The Hall–Kier alpha value is -2.67. The van der Waals surface area contributed by atoms with Gasteiger partial charge < -0.3 is 4.52 Å². The molecule has 7 nitrogen and oxygen atoms in total. The second kappa shape index (κ2) is 7.06. The van der Waals surface area contributed by atoms with Crippen LogP contribution in [0.5, 0.6) is 0 Å². The first-order valence-corrected chi connectivity index (χ1v) is 8.47. The van der Waals surface area contributed by atoms with Gasteiger partial charge in [-0.1, -0.05) is 11.6 Å². The molecule has 0 radical (unpaired) electrons. The van der Waals surface area contributed by atoms with Gasteiger partial charge in [0.15, 0.2) is 5.82 Å². The third-order valence-electron chi connectivity index (χ3n) is 4.58. The summed E-state index contributed by atoms with van der Waals surface area (Å²) in [6.45, 7) is 1.57. The van der Waals surface area contributed by atoms with Crippen molar-refractivity contribution in [1.82, 2.24) is 30.0 Å². The van der Waals surface area contributed by atoms with Crippen LogP contribution in [0.2, 0.25) is 0 Å². The molecule has 0 spiro atoms. The van der Waals surface area contributed by atoms with Gasteiger partial charge in [-0.25, -0.2) is 19.9 Å². The topological polar surface area (TPSA) is 80.8 Å². The molecule has 0 aromatic carbocycles. The predicted molar refractivity (Wildman–Crippen MR) is 91.3 cm³/mol. The van der Waals surface area contributed by atoms with Crippen LogP contribution in [0.25, 0.3) is 11.4 Å². The summed E-state index contributed by atoms with van der Waals surface area (Å²) in [6, 6.07) is 0. The minimum absolute atomic E-state index is 0.581. The normalized spacial score (nSPS) is 14.6. The molecule has 3 heterocycles. The SMILES string of the molecule is CN(Cc1cnc(-c2cncnc2)nc1)Cc1conc1C1CCC1. The minimum Gasteiger partial charge on any atom is -0.364 e. The monoisotopic (exact) mass is 336 g/mol. The Bertz CT molecular complexity index is 813. The summed E-state index contributed by atoms with van der Waals surface area (Å²) < 4.78 is 5.21. The zero-order valence-electron chi connectivity index (χ0n) is 14.2. The van der Waals surface area contributed by atoms with Crippen molar-refractivity contribution < 1.29 is 4.52 Å². The Morgan fingerprint density at radius 3 is 2.52 bits per heavy atom. The first kappa shape index (κ1) is 15.8. The molecule has 0 unspecified atom stereocenters. The molecule has 128 valence electrons. The lowest BCUT2D eigenvalue weighted by Gasteiger charge is -2.25. The van der Waals surface area contributed by atoms with Crippen LogP contribution in [-0.2, 0) is 13.1 Å². The van der Waals surface area contributed by atoms with Gasteiger partial charge in [-0.05, 0) is 19.9 Å². The van der Waals surface area contributed by atoms with Gasteiger partial charge in [-0.15, -0.1) is 0 Å². The standard InChI is InChI=1S/C18H20N6O/c1-24(10-16-11-25-23-17(16)14-3-2-4-14)9-13-5-21-18(22-6-13)15-7-19-12-20-8-15/h5-8,11-12,14H,2-4,9-10H2,1H3. The average molecular weight is 336 g/mol. The van der Waals surface area contributed by atoms with Crippen LogP contribution < -0.4 is 0 Å². The number of hydrogen-bond acceptors (Lipinski definition) is 7. The second-order valence-electron chi connectivity index (χ2n) is 6.57. The van der Waals surface area contributed by atoms with E-state index in [1.807, 2.05) is 12.4 Å². The fraction of sp³-hybridized carbons (Fsp3) is 0.389. The Labute approximate surface area is 146 Å². The highest BCUT2D eigenvalue weighted by Crippen LogP contribution is 2.37.